The van der Waals surface area contributed by atoms with Crippen molar-refractivity contribution in [1.82, 2.24) is 9.62 Å². The number of sulfonamides is 1. The van der Waals surface area contributed by atoms with Gasteiger partial charge in [0, 0.05) is 19.6 Å². The Morgan fingerprint density at radius 2 is 2.09 bits per heavy atom. The lowest BCUT2D eigenvalue weighted by Gasteiger charge is -2.31. The molecular formula is C15H19FN2O3S. The fraction of sp³-hybridized carbons (Fsp3) is 0.400. The van der Waals surface area contributed by atoms with Crippen molar-refractivity contribution in [3.05, 3.63) is 42.7 Å². The number of carbonyl (C=O) groups excluding carboxylic acids is 1. The second-order valence-electron chi connectivity index (χ2n) is 5.19. The maximum Gasteiger partial charge on any atom is 0.243 e. The molecule has 5 nitrogen and oxygen atoms in total. The van der Waals surface area contributed by atoms with E-state index in [4.69, 9.17) is 0 Å². The van der Waals surface area contributed by atoms with Crippen molar-refractivity contribution >= 4 is 15.9 Å². The number of carbonyl (C=O) groups is 1. The molecule has 1 N–H and O–H groups in total. The maximum atomic E-state index is 12.9. The fourth-order valence-corrected chi connectivity index (χ4v) is 3.97. The Balaban J connectivity index is 2.12. The van der Waals surface area contributed by atoms with Crippen molar-refractivity contribution in [2.45, 2.75) is 17.7 Å². The molecule has 0 aromatic heterocycles. The minimum Gasteiger partial charge on any atom is -0.352 e. The van der Waals surface area contributed by atoms with Crippen LogP contribution in [0.5, 0.6) is 0 Å². The van der Waals surface area contributed by atoms with E-state index in [2.05, 4.69) is 11.9 Å². The normalized spacial score (nSPS) is 19.6. The summed E-state index contributed by atoms with van der Waals surface area (Å²) >= 11 is 0. The Morgan fingerprint density at radius 1 is 1.41 bits per heavy atom. The topological polar surface area (TPSA) is 66.5 Å². The highest BCUT2D eigenvalue weighted by Gasteiger charge is 2.33. The Hall–Kier alpha value is -1.73. The lowest BCUT2D eigenvalue weighted by Crippen LogP contribution is -2.45. The van der Waals surface area contributed by atoms with Gasteiger partial charge in [-0.2, -0.15) is 4.31 Å². The highest BCUT2D eigenvalue weighted by molar-refractivity contribution is 7.89. The minimum absolute atomic E-state index is 0.0426. The number of rotatable bonds is 5. The highest BCUT2D eigenvalue weighted by atomic mass is 32.2. The first kappa shape index (κ1) is 16.6. The second-order valence-corrected chi connectivity index (χ2v) is 7.13. The molecule has 1 aliphatic heterocycles. The Morgan fingerprint density at radius 3 is 2.73 bits per heavy atom. The van der Waals surface area contributed by atoms with Gasteiger partial charge in [0.25, 0.3) is 0 Å². The first-order valence-corrected chi connectivity index (χ1v) is 8.53. The molecule has 1 saturated heterocycles. The third-order valence-corrected chi connectivity index (χ3v) is 5.51. The summed E-state index contributed by atoms with van der Waals surface area (Å²) in [6, 6.07) is 4.72. The van der Waals surface area contributed by atoms with Crippen LogP contribution in [-0.2, 0) is 14.8 Å². The predicted molar refractivity (Wildman–Crippen MR) is 81.1 cm³/mol. The average molecular weight is 326 g/mol. The summed E-state index contributed by atoms with van der Waals surface area (Å²) in [5, 5.41) is 2.69. The lowest BCUT2D eigenvalue weighted by molar-refractivity contribution is -0.125. The van der Waals surface area contributed by atoms with Crippen molar-refractivity contribution in [3.63, 3.8) is 0 Å². The maximum absolute atomic E-state index is 12.9. The van der Waals surface area contributed by atoms with Gasteiger partial charge >= 0.3 is 0 Å². The summed E-state index contributed by atoms with van der Waals surface area (Å²) in [7, 11) is -3.70. The second kappa shape index (κ2) is 7.02. The minimum atomic E-state index is -3.70. The van der Waals surface area contributed by atoms with Crippen LogP contribution in [0.15, 0.2) is 41.8 Å². The van der Waals surface area contributed by atoms with E-state index in [0.717, 1.165) is 12.1 Å². The van der Waals surface area contributed by atoms with Crippen LogP contribution in [0.25, 0.3) is 0 Å². The Bertz CT molecular complexity index is 643. The van der Waals surface area contributed by atoms with Gasteiger partial charge in [0.1, 0.15) is 5.82 Å². The summed E-state index contributed by atoms with van der Waals surface area (Å²) in [6.07, 6.45) is 2.85. The summed E-state index contributed by atoms with van der Waals surface area (Å²) in [5.41, 5.74) is 0. The zero-order valence-electron chi connectivity index (χ0n) is 12.2. The molecular weight excluding hydrogens is 307 g/mol. The summed E-state index contributed by atoms with van der Waals surface area (Å²) in [4.78, 5) is 12.0. The van der Waals surface area contributed by atoms with Crippen LogP contribution in [0.2, 0.25) is 0 Å². The molecule has 0 aliphatic carbocycles. The third kappa shape index (κ3) is 3.72. The van der Waals surface area contributed by atoms with E-state index in [0.29, 0.717) is 25.9 Å². The average Bonchev–Trinajstić information content (AvgIpc) is 2.53. The molecule has 0 bridgehead atoms. The van der Waals surface area contributed by atoms with Crippen molar-refractivity contribution in [3.8, 4) is 0 Å². The van der Waals surface area contributed by atoms with Crippen LogP contribution in [0.3, 0.4) is 0 Å². The van der Waals surface area contributed by atoms with Crippen LogP contribution >= 0.6 is 0 Å². The molecule has 1 aromatic carbocycles. The smallest absolute Gasteiger partial charge is 0.243 e. The predicted octanol–water partition coefficient (Wildman–Crippen LogP) is 1.53. The Labute approximate surface area is 129 Å². The molecule has 1 aliphatic rings. The van der Waals surface area contributed by atoms with Gasteiger partial charge in [0.2, 0.25) is 15.9 Å². The standard InChI is InChI=1S/C15H19FN2O3S/c1-2-9-17-15(19)12-4-3-10-18(11-12)22(20,21)14-7-5-13(16)6-8-14/h2,5-8,12H,1,3-4,9-11H2,(H,17,19). The molecule has 1 heterocycles. The van der Waals surface area contributed by atoms with E-state index >= 15 is 0 Å². The van der Waals surface area contributed by atoms with Crippen LogP contribution in [0.1, 0.15) is 12.8 Å². The number of benzene rings is 1. The number of hydrogen-bond acceptors (Lipinski definition) is 3. The molecule has 7 heteroatoms. The van der Waals surface area contributed by atoms with Gasteiger partial charge in [0.05, 0.1) is 10.8 Å². The molecule has 1 amide bonds. The first-order chi connectivity index (χ1) is 10.4. The van der Waals surface area contributed by atoms with Crippen molar-refractivity contribution in [1.29, 1.82) is 0 Å². The van der Waals surface area contributed by atoms with Gasteiger partial charge < -0.3 is 5.32 Å². The van der Waals surface area contributed by atoms with E-state index in [1.165, 1.54) is 16.4 Å². The molecule has 1 aromatic rings. The van der Waals surface area contributed by atoms with Crippen molar-refractivity contribution in [2.75, 3.05) is 19.6 Å². The van der Waals surface area contributed by atoms with Gasteiger partial charge in [-0.15, -0.1) is 6.58 Å². The number of nitrogens with zero attached hydrogens (tertiary/aromatic N) is 1. The SMILES string of the molecule is C=CCNC(=O)C1CCCN(S(=O)(=O)c2ccc(F)cc2)C1. The van der Waals surface area contributed by atoms with E-state index in [1.807, 2.05) is 0 Å². The summed E-state index contributed by atoms with van der Waals surface area (Å²) < 4.78 is 39.3. The number of nitrogens with one attached hydrogen (secondary N) is 1. The van der Waals surface area contributed by atoms with Crippen molar-refractivity contribution < 1.29 is 17.6 Å². The molecule has 0 saturated carbocycles. The van der Waals surface area contributed by atoms with Crippen LogP contribution in [-0.4, -0.2) is 38.3 Å². The van der Waals surface area contributed by atoms with E-state index in [-0.39, 0.29) is 23.3 Å². The molecule has 2 rings (SSSR count). The third-order valence-electron chi connectivity index (χ3n) is 3.63. The van der Waals surface area contributed by atoms with Gasteiger partial charge in [-0.05, 0) is 37.1 Å². The van der Waals surface area contributed by atoms with E-state index < -0.39 is 15.8 Å². The van der Waals surface area contributed by atoms with Gasteiger partial charge in [0.15, 0.2) is 0 Å². The molecule has 0 radical (unpaired) electrons. The number of hydrogen-bond donors (Lipinski definition) is 1. The molecule has 0 spiro atoms. The van der Waals surface area contributed by atoms with Crippen LogP contribution in [0, 0.1) is 11.7 Å². The Kier molecular flexibility index (Phi) is 5.31. The van der Waals surface area contributed by atoms with Crippen LogP contribution in [0.4, 0.5) is 4.39 Å². The highest BCUT2D eigenvalue weighted by Crippen LogP contribution is 2.24. The lowest BCUT2D eigenvalue weighted by atomic mass is 9.99. The monoisotopic (exact) mass is 326 g/mol. The first-order valence-electron chi connectivity index (χ1n) is 7.09. The summed E-state index contributed by atoms with van der Waals surface area (Å²) in [6.45, 7) is 4.40. The molecule has 120 valence electrons. The van der Waals surface area contributed by atoms with Gasteiger partial charge in [-0.25, -0.2) is 12.8 Å². The van der Waals surface area contributed by atoms with Gasteiger partial charge in [-0.1, -0.05) is 6.08 Å². The largest absolute Gasteiger partial charge is 0.352 e. The number of halogens is 1. The van der Waals surface area contributed by atoms with E-state index in [9.17, 15) is 17.6 Å². The number of piperidine rings is 1. The van der Waals surface area contributed by atoms with Gasteiger partial charge in [-0.3, -0.25) is 4.79 Å². The fourth-order valence-electron chi connectivity index (χ4n) is 2.45. The molecule has 22 heavy (non-hydrogen) atoms. The van der Waals surface area contributed by atoms with Crippen LogP contribution < -0.4 is 5.32 Å². The zero-order chi connectivity index (χ0) is 16.2. The number of amides is 1. The zero-order valence-corrected chi connectivity index (χ0v) is 13.0. The summed E-state index contributed by atoms with van der Waals surface area (Å²) in [5.74, 6) is -1.03. The van der Waals surface area contributed by atoms with Crippen molar-refractivity contribution in [2.24, 2.45) is 5.92 Å². The molecule has 1 unspecified atom stereocenters. The molecule has 1 atom stereocenters. The quantitative estimate of drug-likeness (QED) is 0.835. The molecule has 1 fully saturated rings. The van der Waals surface area contributed by atoms with E-state index in [1.54, 1.807) is 6.08 Å².